The van der Waals surface area contributed by atoms with Crippen LogP contribution < -0.4 is 10.5 Å². The molecule has 0 radical (unpaired) electrons. The van der Waals surface area contributed by atoms with Crippen molar-refractivity contribution in [2.45, 2.75) is 6.42 Å². The molecule has 104 valence electrons. The Balaban J connectivity index is 2.21. The van der Waals surface area contributed by atoms with Crippen molar-refractivity contribution in [3.63, 3.8) is 0 Å². The van der Waals surface area contributed by atoms with Gasteiger partial charge in [-0.15, -0.1) is 0 Å². The summed E-state index contributed by atoms with van der Waals surface area (Å²) in [5.41, 5.74) is 7.58. The van der Waals surface area contributed by atoms with Gasteiger partial charge in [-0.25, -0.2) is 0 Å². The van der Waals surface area contributed by atoms with Crippen molar-refractivity contribution >= 4 is 39.0 Å². The van der Waals surface area contributed by atoms with Crippen LogP contribution in [0, 0.1) is 0 Å². The maximum absolute atomic E-state index is 12.2. The first-order chi connectivity index (χ1) is 9.49. The van der Waals surface area contributed by atoms with Crippen molar-refractivity contribution in [1.29, 1.82) is 0 Å². The Hall–Kier alpha value is -1.52. The Morgan fingerprint density at radius 1 is 1.30 bits per heavy atom. The van der Waals surface area contributed by atoms with Crippen LogP contribution in [0.2, 0.25) is 5.02 Å². The van der Waals surface area contributed by atoms with Gasteiger partial charge in [0, 0.05) is 22.7 Å². The highest BCUT2D eigenvalue weighted by Crippen LogP contribution is 2.26. The summed E-state index contributed by atoms with van der Waals surface area (Å²) in [4.78, 5) is 12.2. The summed E-state index contributed by atoms with van der Waals surface area (Å²) in [5, 5.41) is 0.462. The number of nitrogen functional groups attached to an aromatic ring is 1. The quantitative estimate of drug-likeness (QED) is 0.664. The van der Waals surface area contributed by atoms with Crippen LogP contribution in [0.25, 0.3) is 0 Å². The molecule has 0 unspecified atom stereocenters. The first kappa shape index (κ1) is 14.9. The SMILES string of the molecule is COc1ccc(CC(=O)c2cc(N)cc(Cl)c2)cc1Br. The number of carbonyl (C=O) groups is 1. The van der Waals surface area contributed by atoms with E-state index in [0.717, 1.165) is 15.8 Å². The van der Waals surface area contributed by atoms with Crippen molar-refractivity contribution < 1.29 is 9.53 Å². The summed E-state index contributed by atoms with van der Waals surface area (Å²) >= 11 is 9.31. The smallest absolute Gasteiger partial charge is 0.167 e. The van der Waals surface area contributed by atoms with Gasteiger partial charge in [0.05, 0.1) is 11.6 Å². The van der Waals surface area contributed by atoms with Gasteiger partial charge < -0.3 is 10.5 Å². The largest absolute Gasteiger partial charge is 0.496 e. The van der Waals surface area contributed by atoms with Crippen LogP contribution in [0.1, 0.15) is 15.9 Å². The standard InChI is InChI=1S/C15H13BrClNO2/c1-20-15-3-2-9(4-13(15)16)5-14(19)10-6-11(17)8-12(18)7-10/h2-4,6-8H,5,18H2,1H3. The lowest BCUT2D eigenvalue weighted by atomic mass is 10.0. The number of ketones is 1. The fourth-order valence-electron chi connectivity index (χ4n) is 1.88. The fourth-order valence-corrected chi connectivity index (χ4v) is 2.71. The predicted molar refractivity (Wildman–Crippen MR) is 84.6 cm³/mol. The molecule has 0 spiro atoms. The third kappa shape index (κ3) is 3.52. The molecule has 20 heavy (non-hydrogen) atoms. The molecule has 0 heterocycles. The second-order valence-corrected chi connectivity index (χ2v) is 5.63. The van der Waals surface area contributed by atoms with E-state index in [1.807, 2.05) is 18.2 Å². The molecule has 5 heteroatoms. The molecule has 0 aliphatic carbocycles. The highest BCUT2D eigenvalue weighted by molar-refractivity contribution is 9.10. The molecule has 0 saturated heterocycles. The minimum absolute atomic E-state index is 0.0312. The molecule has 0 fully saturated rings. The highest BCUT2D eigenvalue weighted by Gasteiger charge is 2.10. The molecule has 0 bridgehead atoms. The van der Waals surface area contributed by atoms with E-state index in [9.17, 15) is 4.79 Å². The monoisotopic (exact) mass is 353 g/mol. The summed E-state index contributed by atoms with van der Waals surface area (Å²) < 4.78 is 5.97. The summed E-state index contributed by atoms with van der Waals surface area (Å²) in [6.07, 6.45) is 0.280. The average Bonchev–Trinajstić information content (AvgIpc) is 2.37. The zero-order chi connectivity index (χ0) is 14.7. The van der Waals surface area contributed by atoms with Gasteiger partial charge in [-0.3, -0.25) is 4.79 Å². The second kappa shape index (κ2) is 6.29. The molecule has 0 aliphatic heterocycles. The zero-order valence-electron chi connectivity index (χ0n) is 10.8. The number of rotatable bonds is 4. The second-order valence-electron chi connectivity index (χ2n) is 4.34. The Bertz CT molecular complexity index is 638. The number of benzene rings is 2. The van der Waals surface area contributed by atoms with Gasteiger partial charge in [-0.05, 0) is 51.8 Å². The van der Waals surface area contributed by atoms with Crippen molar-refractivity contribution in [2.75, 3.05) is 12.8 Å². The van der Waals surface area contributed by atoms with E-state index in [2.05, 4.69) is 15.9 Å². The summed E-state index contributed by atoms with van der Waals surface area (Å²) in [5.74, 6) is 0.699. The van der Waals surface area contributed by atoms with Crippen LogP contribution in [-0.4, -0.2) is 12.9 Å². The van der Waals surface area contributed by atoms with Crippen LogP contribution in [0.15, 0.2) is 40.9 Å². The summed E-state index contributed by atoms with van der Waals surface area (Å²) in [6, 6.07) is 10.4. The third-order valence-corrected chi connectivity index (χ3v) is 3.66. The van der Waals surface area contributed by atoms with E-state index in [1.54, 1.807) is 25.3 Å². The van der Waals surface area contributed by atoms with Crippen LogP contribution in [0.4, 0.5) is 5.69 Å². The number of halogens is 2. The van der Waals surface area contributed by atoms with Crippen molar-refractivity contribution in [2.24, 2.45) is 0 Å². The van der Waals surface area contributed by atoms with E-state index in [0.29, 0.717) is 16.3 Å². The molecule has 0 aromatic heterocycles. The lowest BCUT2D eigenvalue weighted by Gasteiger charge is -2.07. The lowest BCUT2D eigenvalue weighted by molar-refractivity contribution is 0.0993. The lowest BCUT2D eigenvalue weighted by Crippen LogP contribution is -2.04. The molecule has 0 saturated carbocycles. The number of Topliss-reactive ketones (excluding diaryl/α,β-unsaturated/α-hetero) is 1. The molecule has 2 aromatic rings. The molecule has 2 aromatic carbocycles. The number of carbonyl (C=O) groups excluding carboxylic acids is 1. The topological polar surface area (TPSA) is 52.3 Å². The molecule has 2 rings (SSSR count). The van der Waals surface area contributed by atoms with Crippen LogP contribution in [0.5, 0.6) is 5.75 Å². The van der Waals surface area contributed by atoms with Crippen molar-refractivity contribution in [3.8, 4) is 5.75 Å². The number of ether oxygens (including phenoxy) is 1. The minimum atomic E-state index is -0.0312. The van der Waals surface area contributed by atoms with Gasteiger partial charge in [-0.1, -0.05) is 17.7 Å². The van der Waals surface area contributed by atoms with Gasteiger partial charge in [0.1, 0.15) is 5.75 Å². The number of hydrogen-bond donors (Lipinski definition) is 1. The van der Waals surface area contributed by atoms with Gasteiger partial charge in [0.25, 0.3) is 0 Å². The molecule has 0 amide bonds. The van der Waals surface area contributed by atoms with Gasteiger partial charge >= 0.3 is 0 Å². The molecule has 2 N–H and O–H groups in total. The Morgan fingerprint density at radius 2 is 2.05 bits per heavy atom. The number of methoxy groups -OCH3 is 1. The normalized spacial score (nSPS) is 10.3. The van der Waals surface area contributed by atoms with E-state index in [-0.39, 0.29) is 12.2 Å². The molecular formula is C15H13BrClNO2. The number of nitrogens with two attached hydrogens (primary N) is 1. The average molecular weight is 355 g/mol. The van der Waals surface area contributed by atoms with Crippen molar-refractivity contribution in [3.05, 3.63) is 57.0 Å². The van der Waals surface area contributed by atoms with Crippen molar-refractivity contribution in [1.82, 2.24) is 0 Å². The fraction of sp³-hybridized carbons (Fsp3) is 0.133. The minimum Gasteiger partial charge on any atom is -0.496 e. The first-order valence-corrected chi connectivity index (χ1v) is 7.08. The molecular weight excluding hydrogens is 342 g/mol. The maximum Gasteiger partial charge on any atom is 0.167 e. The zero-order valence-corrected chi connectivity index (χ0v) is 13.2. The van der Waals surface area contributed by atoms with Crippen LogP contribution in [-0.2, 0) is 6.42 Å². The van der Waals surface area contributed by atoms with Crippen LogP contribution >= 0.6 is 27.5 Å². The Morgan fingerprint density at radius 3 is 2.65 bits per heavy atom. The summed E-state index contributed by atoms with van der Waals surface area (Å²) in [7, 11) is 1.60. The van der Waals surface area contributed by atoms with Gasteiger partial charge in [-0.2, -0.15) is 0 Å². The highest BCUT2D eigenvalue weighted by atomic mass is 79.9. The Labute approximate surface area is 130 Å². The third-order valence-electron chi connectivity index (χ3n) is 2.82. The summed E-state index contributed by atoms with van der Waals surface area (Å²) in [6.45, 7) is 0. The van der Waals surface area contributed by atoms with Gasteiger partial charge in [0.15, 0.2) is 5.78 Å². The molecule has 3 nitrogen and oxygen atoms in total. The molecule has 0 aliphatic rings. The first-order valence-electron chi connectivity index (χ1n) is 5.91. The predicted octanol–water partition coefficient (Wildman–Crippen LogP) is 4.12. The maximum atomic E-state index is 12.2. The van der Waals surface area contributed by atoms with E-state index in [4.69, 9.17) is 22.1 Å². The van der Waals surface area contributed by atoms with E-state index in [1.165, 1.54) is 0 Å². The molecule has 0 atom stereocenters. The van der Waals surface area contributed by atoms with Crippen LogP contribution in [0.3, 0.4) is 0 Å². The van der Waals surface area contributed by atoms with E-state index < -0.39 is 0 Å². The number of hydrogen-bond acceptors (Lipinski definition) is 3. The number of anilines is 1. The Kier molecular flexibility index (Phi) is 4.68. The van der Waals surface area contributed by atoms with Gasteiger partial charge in [0.2, 0.25) is 0 Å². The van der Waals surface area contributed by atoms with E-state index >= 15 is 0 Å².